The summed E-state index contributed by atoms with van der Waals surface area (Å²) >= 11 is 0. The van der Waals surface area contributed by atoms with Crippen molar-refractivity contribution >= 4 is 0 Å². The third-order valence-electron chi connectivity index (χ3n) is 5.63. The van der Waals surface area contributed by atoms with Gasteiger partial charge in [-0.2, -0.15) is 0 Å². The van der Waals surface area contributed by atoms with Gasteiger partial charge in [0, 0.05) is 36.6 Å². The number of aromatic nitrogens is 1. The number of hydrogen-bond acceptors (Lipinski definition) is 4. The smallest absolute Gasteiger partial charge is 0.128 e. The van der Waals surface area contributed by atoms with Gasteiger partial charge in [-0.25, -0.2) is 0 Å². The third-order valence-corrected chi connectivity index (χ3v) is 5.63. The Bertz CT molecular complexity index is 690. The molecule has 2 aliphatic rings. The largest absolute Gasteiger partial charge is 0.496 e. The Labute approximate surface area is 143 Å². The summed E-state index contributed by atoms with van der Waals surface area (Å²) in [5.41, 5.74) is 1.35. The molecule has 2 fully saturated rings. The Morgan fingerprint density at radius 1 is 1.17 bits per heavy atom. The van der Waals surface area contributed by atoms with E-state index in [2.05, 4.69) is 40.2 Å². The molecule has 2 aliphatic heterocycles. The van der Waals surface area contributed by atoms with E-state index in [-0.39, 0.29) is 0 Å². The summed E-state index contributed by atoms with van der Waals surface area (Å²) in [6, 6.07) is 13.3. The molecule has 24 heavy (non-hydrogen) atoms. The van der Waals surface area contributed by atoms with E-state index in [0.29, 0.717) is 12.1 Å². The van der Waals surface area contributed by atoms with Crippen LogP contribution in [0.4, 0.5) is 0 Å². The maximum Gasteiger partial charge on any atom is 0.128 e. The average Bonchev–Trinajstić information content (AvgIpc) is 2.86. The van der Waals surface area contributed by atoms with E-state index >= 15 is 0 Å². The Kier molecular flexibility index (Phi) is 4.02. The second kappa shape index (κ2) is 6.19. The van der Waals surface area contributed by atoms with Crippen LogP contribution in [0, 0.1) is 0 Å². The number of rotatable bonds is 4. The van der Waals surface area contributed by atoms with Crippen LogP contribution in [-0.2, 0) is 12.1 Å². The molecular weight excluding hydrogens is 300 g/mol. The molecule has 126 valence electrons. The Morgan fingerprint density at radius 3 is 2.54 bits per heavy atom. The lowest BCUT2D eigenvalue weighted by Gasteiger charge is -2.44. The van der Waals surface area contributed by atoms with E-state index in [9.17, 15) is 5.11 Å². The lowest BCUT2D eigenvalue weighted by Crippen LogP contribution is -2.49. The highest BCUT2D eigenvalue weighted by Gasteiger charge is 2.49. The predicted molar refractivity (Wildman–Crippen MR) is 92.7 cm³/mol. The summed E-state index contributed by atoms with van der Waals surface area (Å²) < 4.78 is 5.46. The van der Waals surface area contributed by atoms with Gasteiger partial charge in [-0.05, 0) is 37.3 Å². The SMILES string of the molecule is COc1ccncc1C1(O)CC2CCC(C1)N2Cc1ccccc1. The molecule has 0 amide bonds. The lowest BCUT2D eigenvalue weighted by atomic mass is 9.80. The number of ether oxygens (including phenoxy) is 1. The van der Waals surface area contributed by atoms with Crippen molar-refractivity contribution in [2.45, 2.75) is 49.9 Å². The molecule has 0 spiro atoms. The van der Waals surface area contributed by atoms with Crippen LogP contribution in [0.5, 0.6) is 5.75 Å². The number of aliphatic hydroxyl groups is 1. The van der Waals surface area contributed by atoms with Gasteiger partial charge in [-0.1, -0.05) is 30.3 Å². The van der Waals surface area contributed by atoms with Crippen molar-refractivity contribution in [1.29, 1.82) is 0 Å². The molecule has 4 heteroatoms. The molecule has 1 N–H and O–H groups in total. The highest BCUT2D eigenvalue weighted by molar-refractivity contribution is 5.36. The van der Waals surface area contributed by atoms with Crippen molar-refractivity contribution in [3.8, 4) is 5.75 Å². The van der Waals surface area contributed by atoms with Gasteiger partial charge < -0.3 is 9.84 Å². The third kappa shape index (κ3) is 2.70. The highest BCUT2D eigenvalue weighted by Crippen LogP contribution is 2.48. The van der Waals surface area contributed by atoms with Crippen LogP contribution >= 0.6 is 0 Å². The van der Waals surface area contributed by atoms with Crippen LogP contribution in [0.25, 0.3) is 0 Å². The van der Waals surface area contributed by atoms with Gasteiger partial charge in [-0.15, -0.1) is 0 Å². The fourth-order valence-electron chi connectivity index (χ4n) is 4.50. The van der Waals surface area contributed by atoms with Crippen molar-refractivity contribution in [3.63, 3.8) is 0 Å². The zero-order valence-corrected chi connectivity index (χ0v) is 14.1. The molecule has 2 aromatic rings. The molecule has 1 aromatic carbocycles. The molecule has 3 heterocycles. The van der Waals surface area contributed by atoms with Gasteiger partial charge in [0.15, 0.2) is 0 Å². The summed E-state index contributed by atoms with van der Waals surface area (Å²) in [7, 11) is 1.65. The molecule has 1 aromatic heterocycles. The maximum atomic E-state index is 11.4. The van der Waals surface area contributed by atoms with E-state index in [1.165, 1.54) is 5.56 Å². The van der Waals surface area contributed by atoms with Crippen molar-refractivity contribution in [2.24, 2.45) is 0 Å². The topological polar surface area (TPSA) is 45.6 Å². The molecule has 2 atom stereocenters. The molecule has 4 nitrogen and oxygen atoms in total. The van der Waals surface area contributed by atoms with Crippen LogP contribution < -0.4 is 4.74 Å². The van der Waals surface area contributed by atoms with E-state index < -0.39 is 5.60 Å². The normalized spacial score (nSPS) is 29.6. The van der Waals surface area contributed by atoms with Crippen LogP contribution in [0.3, 0.4) is 0 Å². The van der Waals surface area contributed by atoms with Crippen LogP contribution in [0.15, 0.2) is 48.8 Å². The summed E-state index contributed by atoms with van der Waals surface area (Å²) in [5, 5.41) is 11.4. The molecule has 2 saturated heterocycles. The Morgan fingerprint density at radius 2 is 1.88 bits per heavy atom. The summed E-state index contributed by atoms with van der Waals surface area (Å²) in [5.74, 6) is 0.739. The van der Waals surface area contributed by atoms with Crippen molar-refractivity contribution in [3.05, 3.63) is 59.9 Å². The van der Waals surface area contributed by atoms with Gasteiger partial charge >= 0.3 is 0 Å². The number of hydrogen-bond donors (Lipinski definition) is 1. The van der Waals surface area contributed by atoms with Crippen molar-refractivity contribution in [2.75, 3.05) is 7.11 Å². The second-order valence-electron chi connectivity index (χ2n) is 7.06. The molecular formula is C20H24N2O2. The summed E-state index contributed by atoms with van der Waals surface area (Å²) in [6.45, 7) is 0.969. The molecule has 0 radical (unpaired) electrons. The Hall–Kier alpha value is -1.91. The summed E-state index contributed by atoms with van der Waals surface area (Å²) in [4.78, 5) is 6.79. The van der Waals surface area contributed by atoms with Gasteiger partial charge in [0.05, 0.1) is 12.7 Å². The zero-order chi connectivity index (χ0) is 16.6. The number of pyridine rings is 1. The molecule has 2 unspecified atom stereocenters. The predicted octanol–water partition coefficient (Wildman–Crippen LogP) is 3.10. The number of nitrogens with zero attached hydrogens (tertiary/aromatic N) is 2. The van der Waals surface area contributed by atoms with Crippen LogP contribution in [0.1, 0.15) is 36.8 Å². The zero-order valence-electron chi connectivity index (χ0n) is 14.1. The molecule has 0 saturated carbocycles. The standard InChI is InChI=1S/C20H24N2O2/c1-24-19-9-10-21-13-18(19)20(23)11-16-7-8-17(12-20)22(16)14-15-5-3-2-4-6-15/h2-6,9-10,13,16-17,23H,7-8,11-12,14H2,1H3. The number of piperidine rings is 1. The molecule has 4 rings (SSSR count). The fourth-order valence-corrected chi connectivity index (χ4v) is 4.50. The quantitative estimate of drug-likeness (QED) is 0.939. The van der Waals surface area contributed by atoms with Gasteiger partial charge in [-0.3, -0.25) is 9.88 Å². The van der Waals surface area contributed by atoms with E-state index in [0.717, 1.165) is 43.5 Å². The van der Waals surface area contributed by atoms with Gasteiger partial charge in [0.1, 0.15) is 5.75 Å². The lowest BCUT2D eigenvalue weighted by molar-refractivity contribution is -0.0608. The first-order chi connectivity index (χ1) is 11.7. The van der Waals surface area contributed by atoms with Gasteiger partial charge in [0.25, 0.3) is 0 Å². The Balaban J connectivity index is 1.57. The van der Waals surface area contributed by atoms with Crippen molar-refractivity contribution in [1.82, 2.24) is 9.88 Å². The maximum absolute atomic E-state index is 11.4. The van der Waals surface area contributed by atoms with Gasteiger partial charge in [0.2, 0.25) is 0 Å². The number of benzene rings is 1. The van der Waals surface area contributed by atoms with Crippen LogP contribution in [-0.4, -0.2) is 34.2 Å². The van der Waals surface area contributed by atoms with E-state index in [4.69, 9.17) is 4.74 Å². The molecule has 2 bridgehead atoms. The first kappa shape index (κ1) is 15.6. The summed E-state index contributed by atoms with van der Waals surface area (Å²) in [6.07, 6.45) is 7.29. The minimum atomic E-state index is -0.835. The first-order valence-electron chi connectivity index (χ1n) is 8.70. The number of fused-ring (bicyclic) bond motifs is 2. The van der Waals surface area contributed by atoms with E-state index in [1.807, 2.05) is 6.07 Å². The average molecular weight is 324 g/mol. The molecule has 0 aliphatic carbocycles. The minimum absolute atomic E-state index is 0.416. The highest BCUT2D eigenvalue weighted by atomic mass is 16.5. The first-order valence-corrected chi connectivity index (χ1v) is 8.70. The van der Waals surface area contributed by atoms with Crippen LogP contribution in [0.2, 0.25) is 0 Å². The monoisotopic (exact) mass is 324 g/mol. The minimum Gasteiger partial charge on any atom is -0.496 e. The number of methoxy groups -OCH3 is 1. The second-order valence-corrected chi connectivity index (χ2v) is 7.06. The van der Waals surface area contributed by atoms with Crippen molar-refractivity contribution < 1.29 is 9.84 Å². The van der Waals surface area contributed by atoms with E-state index in [1.54, 1.807) is 19.5 Å². The fraction of sp³-hybridized carbons (Fsp3) is 0.450.